The molecule has 0 bridgehead atoms. The molecule has 0 aliphatic carbocycles. The number of nitrogens with zero attached hydrogens (tertiary/aromatic N) is 1. The fourth-order valence-corrected chi connectivity index (χ4v) is 2.34. The van der Waals surface area contributed by atoms with Gasteiger partial charge in [0, 0.05) is 19.5 Å². The van der Waals surface area contributed by atoms with E-state index in [1.807, 2.05) is 6.07 Å². The summed E-state index contributed by atoms with van der Waals surface area (Å²) in [6.07, 6.45) is 1.11. The van der Waals surface area contributed by atoms with Crippen molar-refractivity contribution >= 4 is 5.97 Å². The number of ether oxygens (including phenoxy) is 1. The van der Waals surface area contributed by atoms with Gasteiger partial charge in [0.2, 0.25) is 0 Å². The van der Waals surface area contributed by atoms with E-state index in [-0.39, 0.29) is 5.97 Å². The van der Waals surface area contributed by atoms with Gasteiger partial charge in [0.15, 0.2) is 0 Å². The largest absolute Gasteiger partial charge is 0.464 e. The molecular formula is C14H19NO2. The second-order valence-electron chi connectivity index (χ2n) is 4.50. The predicted octanol–water partition coefficient (Wildman–Crippen LogP) is 2.21. The Balaban J connectivity index is 1.87. The number of benzene rings is 1. The second kappa shape index (κ2) is 5.32. The summed E-state index contributed by atoms with van der Waals surface area (Å²) < 4.78 is 5.09. The third kappa shape index (κ3) is 3.07. The molecule has 3 heteroatoms. The third-order valence-electron chi connectivity index (χ3n) is 3.29. The summed E-state index contributed by atoms with van der Waals surface area (Å²) in [6, 6.07) is 11.4. The molecule has 1 aromatic carbocycles. The maximum Gasteiger partial charge on any atom is 0.302 e. The number of carbonyl (C=O) groups is 1. The van der Waals surface area contributed by atoms with Crippen LogP contribution in [0.1, 0.15) is 25.8 Å². The lowest BCUT2D eigenvalue weighted by Gasteiger charge is -2.04. The van der Waals surface area contributed by atoms with Crippen LogP contribution in [0.25, 0.3) is 0 Å². The van der Waals surface area contributed by atoms with Crippen molar-refractivity contribution < 1.29 is 9.53 Å². The molecular weight excluding hydrogens is 214 g/mol. The average Bonchev–Trinajstić information content (AvgIpc) is 3.00. The fraction of sp³-hybridized carbons (Fsp3) is 0.500. The van der Waals surface area contributed by atoms with Gasteiger partial charge in [0.1, 0.15) is 6.61 Å². The van der Waals surface area contributed by atoms with Gasteiger partial charge in [-0.1, -0.05) is 37.3 Å². The summed E-state index contributed by atoms with van der Waals surface area (Å²) in [7, 11) is 0. The highest BCUT2D eigenvalue weighted by atomic mass is 16.5. The van der Waals surface area contributed by atoms with E-state index in [9.17, 15) is 4.79 Å². The van der Waals surface area contributed by atoms with Crippen LogP contribution in [-0.4, -0.2) is 29.6 Å². The smallest absolute Gasteiger partial charge is 0.302 e. The fourth-order valence-electron chi connectivity index (χ4n) is 2.34. The van der Waals surface area contributed by atoms with Gasteiger partial charge in [-0.25, -0.2) is 0 Å². The summed E-state index contributed by atoms with van der Waals surface area (Å²) in [5.74, 6) is -0.189. The second-order valence-corrected chi connectivity index (χ2v) is 4.50. The minimum absolute atomic E-state index is 0.189. The first-order chi connectivity index (χ1) is 8.22. The van der Waals surface area contributed by atoms with Crippen molar-refractivity contribution in [2.75, 3.05) is 6.61 Å². The first kappa shape index (κ1) is 12.1. The Morgan fingerprint density at radius 2 is 2.00 bits per heavy atom. The van der Waals surface area contributed by atoms with Gasteiger partial charge in [-0.2, -0.15) is 0 Å². The summed E-state index contributed by atoms with van der Waals surface area (Å²) in [5.41, 5.74) is 1.32. The zero-order valence-corrected chi connectivity index (χ0v) is 10.4. The average molecular weight is 233 g/mol. The Labute approximate surface area is 102 Å². The van der Waals surface area contributed by atoms with Crippen LogP contribution < -0.4 is 0 Å². The van der Waals surface area contributed by atoms with Gasteiger partial charge in [-0.05, 0) is 12.0 Å². The Kier molecular flexibility index (Phi) is 3.79. The Morgan fingerprint density at radius 3 is 2.59 bits per heavy atom. The summed E-state index contributed by atoms with van der Waals surface area (Å²) >= 11 is 0. The zero-order chi connectivity index (χ0) is 12.3. The lowest BCUT2D eigenvalue weighted by Crippen LogP contribution is -2.11. The van der Waals surface area contributed by atoms with Crippen LogP contribution in [0.2, 0.25) is 0 Å². The van der Waals surface area contributed by atoms with Crippen LogP contribution in [0.3, 0.4) is 0 Å². The molecule has 0 N–H and O–H groups in total. The molecule has 1 heterocycles. The molecule has 0 amide bonds. The van der Waals surface area contributed by atoms with E-state index >= 15 is 0 Å². The lowest BCUT2D eigenvalue weighted by atomic mass is 10.2. The summed E-state index contributed by atoms with van der Waals surface area (Å²) in [6.45, 7) is 5.12. The van der Waals surface area contributed by atoms with Crippen molar-refractivity contribution in [2.45, 2.75) is 38.9 Å². The Hall–Kier alpha value is -1.35. The van der Waals surface area contributed by atoms with E-state index in [2.05, 4.69) is 36.1 Å². The molecule has 0 radical (unpaired) electrons. The molecule has 0 saturated carbocycles. The number of hydrogen-bond acceptors (Lipinski definition) is 3. The van der Waals surface area contributed by atoms with E-state index in [1.54, 1.807) is 0 Å². The Bertz CT molecular complexity index is 377. The van der Waals surface area contributed by atoms with Crippen molar-refractivity contribution in [3.8, 4) is 0 Å². The van der Waals surface area contributed by atoms with Crippen LogP contribution in [0.5, 0.6) is 0 Å². The van der Waals surface area contributed by atoms with E-state index in [0.29, 0.717) is 18.7 Å². The van der Waals surface area contributed by atoms with Crippen LogP contribution in [-0.2, 0) is 16.1 Å². The van der Waals surface area contributed by atoms with Gasteiger partial charge in [-0.3, -0.25) is 9.69 Å². The molecule has 1 fully saturated rings. The van der Waals surface area contributed by atoms with Gasteiger partial charge >= 0.3 is 5.97 Å². The number of carbonyl (C=O) groups excluding carboxylic acids is 1. The van der Waals surface area contributed by atoms with E-state index < -0.39 is 0 Å². The maximum atomic E-state index is 10.8. The minimum atomic E-state index is -0.189. The molecule has 3 atom stereocenters. The highest BCUT2D eigenvalue weighted by molar-refractivity contribution is 5.65. The minimum Gasteiger partial charge on any atom is -0.464 e. The van der Waals surface area contributed by atoms with Gasteiger partial charge in [0.05, 0.1) is 6.04 Å². The van der Waals surface area contributed by atoms with Crippen molar-refractivity contribution in [3.05, 3.63) is 35.9 Å². The van der Waals surface area contributed by atoms with Crippen LogP contribution >= 0.6 is 0 Å². The molecule has 0 aromatic heterocycles. The number of esters is 1. The SMILES string of the molecule is CC[C@@H]1[C@@H](COC(C)=O)N1Cc1ccccc1. The summed E-state index contributed by atoms with van der Waals surface area (Å²) in [5, 5.41) is 0. The lowest BCUT2D eigenvalue weighted by molar-refractivity contribution is -0.141. The molecule has 1 aliphatic heterocycles. The third-order valence-corrected chi connectivity index (χ3v) is 3.29. The predicted molar refractivity (Wildman–Crippen MR) is 66.5 cm³/mol. The normalized spacial score (nSPS) is 26.6. The molecule has 92 valence electrons. The van der Waals surface area contributed by atoms with Crippen LogP contribution in [0.4, 0.5) is 0 Å². The number of hydrogen-bond donors (Lipinski definition) is 0. The molecule has 0 spiro atoms. The highest BCUT2D eigenvalue weighted by Crippen LogP contribution is 2.33. The topological polar surface area (TPSA) is 29.3 Å². The monoisotopic (exact) mass is 233 g/mol. The quantitative estimate of drug-likeness (QED) is 0.577. The van der Waals surface area contributed by atoms with Crippen molar-refractivity contribution in [1.29, 1.82) is 0 Å². The first-order valence-corrected chi connectivity index (χ1v) is 6.15. The van der Waals surface area contributed by atoms with Gasteiger partial charge in [-0.15, -0.1) is 0 Å². The molecule has 2 rings (SSSR count). The van der Waals surface area contributed by atoms with Gasteiger partial charge < -0.3 is 4.74 Å². The zero-order valence-electron chi connectivity index (χ0n) is 10.4. The van der Waals surface area contributed by atoms with Crippen LogP contribution in [0, 0.1) is 0 Å². The highest BCUT2D eigenvalue weighted by Gasteiger charge is 2.46. The van der Waals surface area contributed by atoms with Gasteiger partial charge in [0.25, 0.3) is 0 Å². The van der Waals surface area contributed by atoms with Crippen molar-refractivity contribution in [1.82, 2.24) is 4.90 Å². The van der Waals surface area contributed by atoms with E-state index in [0.717, 1.165) is 13.0 Å². The molecule has 17 heavy (non-hydrogen) atoms. The molecule has 1 aliphatic rings. The van der Waals surface area contributed by atoms with Crippen LogP contribution in [0.15, 0.2) is 30.3 Å². The molecule has 1 unspecified atom stereocenters. The maximum absolute atomic E-state index is 10.8. The van der Waals surface area contributed by atoms with E-state index in [4.69, 9.17) is 4.74 Å². The molecule has 1 aromatic rings. The molecule has 3 nitrogen and oxygen atoms in total. The van der Waals surface area contributed by atoms with Crippen molar-refractivity contribution in [3.63, 3.8) is 0 Å². The number of rotatable bonds is 5. The first-order valence-electron chi connectivity index (χ1n) is 6.15. The van der Waals surface area contributed by atoms with Crippen molar-refractivity contribution in [2.24, 2.45) is 0 Å². The summed E-state index contributed by atoms with van der Waals surface area (Å²) in [4.78, 5) is 13.2. The Morgan fingerprint density at radius 1 is 1.29 bits per heavy atom. The van der Waals surface area contributed by atoms with E-state index in [1.165, 1.54) is 12.5 Å². The molecule has 1 saturated heterocycles. The standard InChI is InChI=1S/C14H19NO2/c1-3-13-14(10-17-11(2)16)15(13)9-12-7-5-4-6-8-12/h4-8,13-14H,3,9-10H2,1-2H3/t13-,14-,15?/m1/s1.